The fourth-order valence-electron chi connectivity index (χ4n) is 11.1. The van der Waals surface area contributed by atoms with Crippen LogP contribution < -0.4 is 31.5 Å². The van der Waals surface area contributed by atoms with E-state index in [1.807, 2.05) is 36.0 Å². The molecular formula is C55H58N8O6. The number of hydrogen-bond acceptors (Lipinski definition) is 11. The summed E-state index contributed by atoms with van der Waals surface area (Å²) in [5, 5.41) is 21.0. The lowest BCUT2D eigenvalue weighted by Gasteiger charge is -2.46. The number of fused-ring (bicyclic) bond motifs is 5. The van der Waals surface area contributed by atoms with Gasteiger partial charge >= 0.3 is 0 Å². The van der Waals surface area contributed by atoms with Gasteiger partial charge < -0.3 is 30.4 Å². The molecule has 69 heavy (non-hydrogen) atoms. The van der Waals surface area contributed by atoms with Crippen molar-refractivity contribution in [2.75, 3.05) is 42.9 Å². The van der Waals surface area contributed by atoms with Crippen LogP contribution >= 0.6 is 0 Å². The highest BCUT2D eigenvalue weighted by Gasteiger charge is 2.40. The summed E-state index contributed by atoms with van der Waals surface area (Å²) in [4.78, 5) is 81.9. The molecule has 354 valence electrons. The molecule has 2 saturated heterocycles. The number of piperazine rings is 1. The van der Waals surface area contributed by atoms with E-state index in [-0.39, 0.29) is 52.9 Å². The summed E-state index contributed by atoms with van der Waals surface area (Å²) in [6, 6.07) is 17.4. The van der Waals surface area contributed by atoms with Gasteiger partial charge in [0.25, 0.3) is 0 Å². The van der Waals surface area contributed by atoms with Crippen molar-refractivity contribution in [1.82, 2.24) is 25.1 Å². The fraction of sp³-hybridized carbons (Fsp3) is 0.418. The Balaban J connectivity index is 0.799. The average Bonchev–Trinajstić information content (AvgIpc) is 3.91. The molecule has 2 fully saturated rings. The molecule has 0 spiro atoms. The van der Waals surface area contributed by atoms with Gasteiger partial charge in [-0.05, 0) is 99.5 Å². The predicted octanol–water partition coefficient (Wildman–Crippen LogP) is 5.29. The topological polar surface area (TPSA) is 189 Å². The zero-order chi connectivity index (χ0) is 49.0. The highest BCUT2D eigenvalue weighted by molar-refractivity contribution is 6.10. The van der Waals surface area contributed by atoms with Crippen molar-refractivity contribution in [3.05, 3.63) is 104 Å². The van der Waals surface area contributed by atoms with Gasteiger partial charge in [-0.3, -0.25) is 9.69 Å². The van der Waals surface area contributed by atoms with E-state index in [0.29, 0.717) is 47.1 Å². The molecule has 2 aliphatic heterocycles. The van der Waals surface area contributed by atoms with Crippen LogP contribution in [-0.2, 0) is 40.6 Å². The quantitative estimate of drug-likeness (QED) is 0.0789. The number of allylic oxidation sites excluding steroid dienone is 2. The number of amides is 1. The lowest BCUT2D eigenvalue weighted by atomic mass is 9.69. The predicted molar refractivity (Wildman–Crippen MR) is 267 cm³/mol. The van der Waals surface area contributed by atoms with E-state index in [4.69, 9.17) is 0 Å². The molecular weight excluding hydrogens is 869 g/mol. The lowest BCUT2D eigenvalue weighted by molar-refractivity contribution is -0.121. The molecule has 3 aromatic carbocycles. The van der Waals surface area contributed by atoms with Crippen molar-refractivity contribution in [2.24, 2.45) is 0 Å². The second-order valence-electron chi connectivity index (χ2n) is 19.1. The van der Waals surface area contributed by atoms with Crippen LogP contribution in [0, 0.1) is 11.3 Å². The van der Waals surface area contributed by atoms with Crippen LogP contribution in [0.4, 0.5) is 11.4 Å². The summed E-state index contributed by atoms with van der Waals surface area (Å²) in [5.41, 5.74) is 8.63. The van der Waals surface area contributed by atoms with E-state index in [1.54, 1.807) is 24.1 Å². The molecule has 4 N–H and O–H groups in total. The number of benzene rings is 3. The monoisotopic (exact) mass is 926 g/mol. The Morgan fingerprint density at radius 2 is 1.61 bits per heavy atom. The third-order valence-corrected chi connectivity index (χ3v) is 14.5. The van der Waals surface area contributed by atoms with Crippen molar-refractivity contribution in [3.8, 4) is 6.07 Å². The van der Waals surface area contributed by atoms with Crippen molar-refractivity contribution < 1.29 is 28.8 Å². The number of nitrogens with one attached hydrogen (secondary N) is 4. The number of carbonyl (C=O) groups excluding carboxylic acids is 6. The number of rotatable bonds is 15. The molecule has 0 saturated carbocycles. The van der Waals surface area contributed by atoms with Crippen LogP contribution in [-0.4, -0.2) is 94.9 Å². The standard InChI is InChI=1S/C55H58N8O6/c1-6-37-24-41-42(30-65)52-39-18-16-36(26-56)23-45(39)60-54(52)55(4,5)43(41)25-48(37)61-27-34(2)62(35(3)28-61)22-12-15-51(69)58-21-10-8-7-9-20-57-44-14-11-13-40-49(32-67)63(50(33-68)53(40)44)47-19-17-38(29-64)59-46(47)31-66/h11,13-14,16,18,23-25,34-35,47,57,59-60H,6-10,12,15,17,19-22,27-28H2,1-5H3,(H,58,69). The number of unbranched alkanes of at least 4 members (excludes halogenated alkanes) is 3. The number of hydrogen-bond donors (Lipinski definition) is 4. The minimum Gasteiger partial charge on any atom is -0.384 e. The van der Waals surface area contributed by atoms with E-state index in [9.17, 15) is 34.0 Å². The lowest BCUT2D eigenvalue weighted by Crippen LogP contribution is -2.57. The molecule has 14 heteroatoms. The van der Waals surface area contributed by atoms with Crippen LogP contribution in [0.2, 0.25) is 0 Å². The smallest absolute Gasteiger partial charge is 0.220 e. The molecule has 0 bridgehead atoms. The van der Waals surface area contributed by atoms with Crippen molar-refractivity contribution in [3.63, 3.8) is 0 Å². The number of aromatic nitrogens is 2. The van der Waals surface area contributed by atoms with E-state index in [1.165, 1.54) is 15.8 Å². The Bertz CT molecular complexity index is 3220. The molecule has 4 heterocycles. The van der Waals surface area contributed by atoms with Gasteiger partial charge in [0, 0.05) is 101 Å². The molecule has 0 radical (unpaired) electrons. The van der Waals surface area contributed by atoms with Gasteiger partial charge in [0.05, 0.1) is 23.2 Å². The summed E-state index contributed by atoms with van der Waals surface area (Å²) in [7, 11) is 0. The molecule has 8 rings (SSSR count). The maximum Gasteiger partial charge on any atom is 0.220 e. The second kappa shape index (κ2) is 20.4. The number of anilines is 2. The Hall–Kier alpha value is -7.43. The third-order valence-electron chi connectivity index (χ3n) is 14.5. The second-order valence-corrected chi connectivity index (χ2v) is 19.1. The van der Waals surface area contributed by atoms with Gasteiger partial charge in [-0.25, -0.2) is 24.0 Å². The zero-order valence-corrected chi connectivity index (χ0v) is 40.0. The molecule has 2 aromatic heterocycles. The Labute approximate surface area is 401 Å². The highest BCUT2D eigenvalue weighted by Crippen LogP contribution is 2.50. The number of aryl methyl sites for hydroxylation is 1. The highest BCUT2D eigenvalue weighted by atomic mass is 16.1. The zero-order valence-electron chi connectivity index (χ0n) is 40.0. The Morgan fingerprint density at radius 1 is 0.855 bits per heavy atom. The Kier molecular flexibility index (Phi) is 14.2. The minimum absolute atomic E-state index is 0.0342. The number of piperidine rings is 1. The summed E-state index contributed by atoms with van der Waals surface area (Å²) < 4.78 is 1.46. The largest absolute Gasteiger partial charge is 0.384 e. The van der Waals surface area contributed by atoms with E-state index >= 15 is 0 Å². The maximum atomic E-state index is 12.9. The molecule has 1 aliphatic carbocycles. The molecule has 1 amide bonds. The summed E-state index contributed by atoms with van der Waals surface area (Å²) in [6.07, 6.45) is 6.15. The normalized spacial score (nSPS) is 18.5. The van der Waals surface area contributed by atoms with Gasteiger partial charge in [0.2, 0.25) is 5.91 Å². The van der Waals surface area contributed by atoms with Crippen molar-refractivity contribution in [2.45, 2.75) is 116 Å². The van der Waals surface area contributed by atoms with Crippen molar-refractivity contribution >= 4 is 74.2 Å². The first-order chi connectivity index (χ1) is 33.4. The first-order valence-corrected chi connectivity index (χ1v) is 24.1. The number of nitriles is 1. The Morgan fingerprint density at radius 3 is 2.29 bits per heavy atom. The molecule has 3 aliphatic rings. The molecule has 5 aromatic rings. The van der Waals surface area contributed by atoms with Gasteiger partial charge in [-0.1, -0.05) is 51.8 Å². The first kappa shape index (κ1) is 48.0. The van der Waals surface area contributed by atoms with Gasteiger partial charge in [0.15, 0.2) is 11.9 Å². The van der Waals surface area contributed by atoms with Gasteiger partial charge in [-0.15, -0.1) is 0 Å². The van der Waals surface area contributed by atoms with Gasteiger partial charge in [-0.2, -0.15) is 5.26 Å². The van der Waals surface area contributed by atoms with E-state index in [0.717, 1.165) is 91.4 Å². The number of carbonyl (C=O) groups is 1. The first-order valence-electron chi connectivity index (χ1n) is 24.1. The summed E-state index contributed by atoms with van der Waals surface area (Å²) in [6.45, 7) is 14.8. The summed E-state index contributed by atoms with van der Waals surface area (Å²) in [5.74, 6) is 9.89. The van der Waals surface area contributed by atoms with Crippen LogP contribution in [0.25, 0.3) is 27.2 Å². The number of nitrogens with zero attached hydrogens (tertiary/aromatic N) is 4. The molecule has 3 atom stereocenters. The fourth-order valence-corrected chi connectivity index (χ4v) is 11.1. The maximum absolute atomic E-state index is 12.9. The third kappa shape index (κ3) is 9.04. The van der Waals surface area contributed by atoms with Crippen LogP contribution in [0.3, 0.4) is 0 Å². The van der Waals surface area contributed by atoms with E-state index in [2.05, 4.69) is 89.5 Å². The van der Waals surface area contributed by atoms with Crippen LogP contribution in [0.5, 0.6) is 0 Å². The van der Waals surface area contributed by atoms with Crippen LogP contribution in [0.15, 0.2) is 59.9 Å². The van der Waals surface area contributed by atoms with Crippen molar-refractivity contribution in [1.29, 1.82) is 5.26 Å². The average molecular weight is 927 g/mol. The SMILES string of the molecule is CCc1cc2c(cc1N1CC(C)N(CCCC(=O)NCCCCCCNc3cccc4c(=C=O)n(C5CCC(=C=O)NC5=C=O)c(=C=O)c34)C(C)C1)C(C)(C)c1[nH]c3cc(C#N)ccc3c1C2=C=O. The summed E-state index contributed by atoms with van der Waals surface area (Å²) >= 11 is 0. The number of H-pyrrole nitrogens is 1. The minimum atomic E-state index is -0.725. The molecule has 14 nitrogen and oxygen atoms in total. The molecule has 3 unspecified atom stereocenters. The van der Waals surface area contributed by atoms with E-state index < -0.39 is 11.5 Å². The van der Waals surface area contributed by atoms with Gasteiger partial charge in [0.1, 0.15) is 39.9 Å². The number of aromatic amines is 1. The van der Waals surface area contributed by atoms with Crippen LogP contribution in [0.1, 0.15) is 126 Å².